The first-order chi connectivity index (χ1) is 12.8. The number of carbonyl (C=O) groups is 2. The van der Waals surface area contributed by atoms with Crippen LogP contribution < -0.4 is 20.3 Å². The van der Waals surface area contributed by atoms with E-state index in [1.165, 1.54) is 7.11 Å². The normalized spacial score (nSPS) is 11.6. The molecule has 0 bridgehead atoms. The summed E-state index contributed by atoms with van der Waals surface area (Å²) >= 11 is 9.39. The lowest BCUT2D eigenvalue weighted by molar-refractivity contribution is -0.862. The van der Waals surface area contributed by atoms with Gasteiger partial charge in [-0.15, -0.1) is 0 Å². The summed E-state index contributed by atoms with van der Waals surface area (Å²) in [6, 6.07) is 10.7. The van der Waals surface area contributed by atoms with Crippen molar-refractivity contribution in [1.29, 1.82) is 0 Å². The van der Waals surface area contributed by atoms with Gasteiger partial charge in [0.15, 0.2) is 13.1 Å². The fourth-order valence-corrected chi connectivity index (χ4v) is 3.26. The van der Waals surface area contributed by atoms with Gasteiger partial charge in [-0.1, -0.05) is 17.7 Å². The fraction of sp³-hybridized carbons (Fsp3) is 0.263. The minimum atomic E-state index is -0.239. The molecule has 144 valence electrons. The molecule has 0 heterocycles. The van der Waals surface area contributed by atoms with E-state index in [1.807, 2.05) is 25.1 Å². The van der Waals surface area contributed by atoms with Gasteiger partial charge in [0.2, 0.25) is 0 Å². The predicted molar refractivity (Wildman–Crippen MR) is 111 cm³/mol. The zero-order valence-corrected chi connectivity index (χ0v) is 17.7. The smallest absolute Gasteiger partial charge is 0.279 e. The van der Waals surface area contributed by atoms with Gasteiger partial charge in [-0.3, -0.25) is 9.59 Å². The molecule has 0 spiro atoms. The van der Waals surface area contributed by atoms with E-state index < -0.39 is 0 Å². The van der Waals surface area contributed by atoms with Crippen LogP contribution >= 0.6 is 27.5 Å². The van der Waals surface area contributed by atoms with Gasteiger partial charge in [0, 0.05) is 9.50 Å². The van der Waals surface area contributed by atoms with Gasteiger partial charge in [0.05, 0.1) is 25.5 Å². The van der Waals surface area contributed by atoms with Gasteiger partial charge in [-0.2, -0.15) is 0 Å². The van der Waals surface area contributed by atoms with Crippen molar-refractivity contribution in [2.45, 2.75) is 6.92 Å². The molecule has 0 radical (unpaired) electrons. The van der Waals surface area contributed by atoms with E-state index in [0.29, 0.717) is 22.1 Å². The zero-order chi connectivity index (χ0) is 20.0. The first-order valence-corrected chi connectivity index (χ1v) is 9.46. The topological polar surface area (TPSA) is 71.9 Å². The first-order valence-electron chi connectivity index (χ1n) is 8.29. The molecule has 2 aromatic carbocycles. The molecule has 0 aromatic heterocycles. The van der Waals surface area contributed by atoms with Gasteiger partial charge in [-0.25, -0.2) is 0 Å². The molecule has 6 nitrogen and oxygen atoms in total. The highest BCUT2D eigenvalue weighted by Gasteiger charge is 2.16. The Hall–Kier alpha value is -2.09. The Kier molecular flexibility index (Phi) is 7.65. The predicted octanol–water partition coefficient (Wildman–Crippen LogP) is 2.51. The van der Waals surface area contributed by atoms with Gasteiger partial charge >= 0.3 is 0 Å². The number of ether oxygens (including phenoxy) is 1. The van der Waals surface area contributed by atoms with E-state index in [2.05, 4.69) is 26.6 Å². The number of amides is 2. The van der Waals surface area contributed by atoms with E-state index in [-0.39, 0.29) is 24.9 Å². The van der Waals surface area contributed by atoms with Crippen molar-refractivity contribution in [3.8, 4) is 5.75 Å². The van der Waals surface area contributed by atoms with Gasteiger partial charge in [0.1, 0.15) is 5.75 Å². The van der Waals surface area contributed by atoms with Crippen LogP contribution in [0.4, 0.5) is 11.4 Å². The molecule has 2 aromatic rings. The van der Waals surface area contributed by atoms with Gasteiger partial charge in [0.25, 0.3) is 11.8 Å². The average molecular weight is 456 g/mol. The lowest BCUT2D eigenvalue weighted by Gasteiger charge is -2.15. The number of likely N-dealkylation sites (N-methyl/N-ethyl adjacent to an activating group) is 1. The fourth-order valence-electron chi connectivity index (χ4n) is 2.50. The molecule has 2 rings (SSSR count). The van der Waals surface area contributed by atoms with Crippen molar-refractivity contribution >= 4 is 50.7 Å². The van der Waals surface area contributed by atoms with Crippen LogP contribution in [0.2, 0.25) is 5.02 Å². The van der Waals surface area contributed by atoms with Crippen molar-refractivity contribution in [2.24, 2.45) is 0 Å². The number of benzene rings is 2. The summed E-state index contributed by atoms with van der Waals surface area (Å²) in [4.78, 5) is 25.2. The van der Waals surface area contributed by atoms with Crippen molar-refractivity contribution < 1.29 is 19.2 Å². The number of hydrogen-bond donors (Lipinski definition) is 3. The second kappa shape index (κ2) is 9.73. The van der Waals surface area contributed by atoms with Crippen LogP contribution in [0.5, 0.6) is 5.75 Å². The summed E-state index contributed by atoms with van der Waals surface area (Å²) in [6.07, 6.45) is 0. The summed E-state index contributed by atoms with van der Waals surface area (Å²) in [5.41, 5.74) is 2.29. The van der Waals surface area contributed by atoms with Crippen LogP contribution in [0.15, 0.2) is 40.9 Å². The number of carbonyl (C=O) groups excluding carboxylic acids is 2. The van der Waals surface area contributed by atoms with E-state index >= 15 is 0 Å². The second-order valence-electron chi connectivity index (χ2n) is 6.23. The van der Waals surface area contributed by atoms with E-state index in [1.54, 1.807) is 25.2 Å². The van der Waals surface area contributed by atoms with Crippen molar-refractivity contribution in [1.82, 2.24) is 0 Å². The number of aryl methyl sites for hydroxylation is 1. The maximum Gasteiger partial charge on any atom is 0.279 e. The van der Waals surface area contributed by atoms with Crippen LogP contribution in [0, 0.1) is 6.92 Å². The Morgan fingerprint density at radius 1 is 1.07 bits per heavy atom. The number of anilines is 2. The molecule has 0 saturated carbocycles. The largest absolute Gasteiger partial charge is 0.495 e. The lowest BCUT2D eigenvalue weighted by atomic mass is 10.2. The molecule has 8 heteroatoms. The summed E-state index contributed by atoms with van der Waals surface area (Å²) in [5.74, 6) is 0.106. The number of rotatable bonds is 7. The minimum absolute atomic E-state index is 0.123. The highest BCUT2D eigenvalue weighted by Crippen LogP contribution is 2.27. The summed E-state index contributed by atoms with van der Waals surface area (Å²) < 4.78 is 6.03. The van der Waals surface area contributed by atoms with Crippen LogP contribution in [0.3, 0.4) is 0 Å². The molecule has 0 saturated heterocycles. The van der Waals surface area contributed by atoms with Crippen molar-refractivity contribution in [3.05, 3.63) is 51.5 Å². The number of nitrogens with one attached hydrogen (secondary N) is 3. The van der Waals surface area contributed by atoms with Gasteiger partial charge in [-0.05, 0) is 58.7 Å². The standard InChI is InChI=1S/C19H21BrClN3O3/c1-12-4-6-15(14(20)8-12)22-18(25)10-24(2)11-19(26)23-16-9-13(21)5-7-17(16)27-3/h4-9H,10-11H2,1-3H3,(H,22,25)(H,23,26)/p+1. The Balaban J connectivity index is 1.89. The molecule has 1 atom stereocenters. The lowest BCUT2D eigenvalue weighted by Crippen LogP contribution is -3.11. The highest BCUT2D eigenvalue weighted by atomic mass is 79.9. The maximum atomic E-state index is 12.3. The number of halogens is 2. The number of methoxy groups -OCH3 is 1. The highest BCUT2D eigenvalue weighted by molar-refractivity contribution is 9.10. The van der Waals surface area contributed by atoms with Crippen molar-refractivity contribution in [3.63, 3.8) is 0 Å². The van der Waals surface area contributed by atoms with Crippen LogP contribution in [0.25, 0.3) is 0 Å². The molecule has 1 unspecified atom stereocenters. The molecule has 0 aliphatic carbocycles. The molecule has 27 heavy (non-hydrogen) atoms. The second-order valence-corrected chi connectivity index (χ2v) is 7.53. The van der Waals surface area contributed by atoms with Crippen LogP contribution in [-0.4, -0.2) is 39.1 Å². The molecule has 3 N–H and O–H groups in total. The third-order valence-corrected chi connectivity index (χ3v) is 4.65. The summed E-state index contributed by atoms with van der Waals surface area (Å²) in [6.45, 7) is 2.25. The van der Waals surface area contributed by atoms with E-state index in [4.69, 9.17) is 16.3 Å². The molecule has 0 aliphatic heterocycles. The monoisotopic (exact) mass is 454 g/mol. The molecule has 0 aliphatic rings. The zero-order valence-electron chi connectivity index (χ0n) is 15.4. The molecular weight excluding hydrogens is 434 g/mol. The van der Waals surface area contributed by atoms with Gasteiger partial charge < -0.3 is 20.3 Å². The van der Waals surface area contributed by atoms with Crippen molar-refractivity contribution in [2.75, 3.05) is 37.9 Å². The maximum absolute atomic E-state index is 12.3. The average Bonchev–Trinajstić information content (AvgIpc) is 2.57. The SMILES string of the molecule is COc1ccc(Cl)cc1NC(=O)C[NH+](C)CC(=O)Nc1ccc(C)cc1Br. The van der Waals surface area contributed by atoms with Crippen LogP contribution in [0.1, 0.15) is 5.56 Å². The summed E-state index contributed by atoms with van der Waals surface area (Å²) in [7, 11) is 3.29. The third-order valence-electron chi connectivity index (χ3n) is 3.76. The Morgan fingerprint density at radius 2 is 1.70 bits per heavy atom. The Bertz CT molecular complexity index is 845. The molecular formula is C19H22BrClN3O3+. The quantitative estimate of drug-likeness (QED) is 0.601. The van der Waals surface area contributed by atoms with E-state index in [9.17, 15) is 9.59 Å². The van der Waals surface area contributed by atoms with Crippen LogP contribution in [-0.2, 0) is 9.59 Å². The molecule has 2 amide bonds. The van der Waals surface area contributed by atoms with E-state index in [0.717, 1.165) is 14.9 Å². The summed E-state index contributed by atoms with van der Waals surface area (Å²) in [5, 5.41) is 6.10. The minimum Gasteiger partial charge on any atom is -0.495 e. The Labute approximate surface area is 172 Å². The first kappa shape index (κ1) is 21.2. The number of quaternary nitrogens is 1. The number of hydrogen-bond acceptors (Lipinski definition) is 3. The Morgan fingerprint density at radius 3 is 2.30 bits per heavy atom. The molecule has 0 fully saturated rings. The third kappa shape index (κ3) is 6.53.